The molecule has 0 spiro atoms. The molecule has 116 valence electrons. The van der Waals surface area contributed by atoms with E-state index in [0.29, 0.717) is 16.6 Å². The zero-order chi connectivity index (χ0) is 15.8. The van der Waals surface area contributed by atoms with Crippen molar-refractivity contribution < 1.29 is 9.59 Å². The molecule has 0 atom stereocenters. The van der Waals surface area contributed by atoms with Crippen LogP contribution in [0.4, 0.5) is 0 Å². The van der Waals surface area contributed by atoms with Crippen molar-refractivity contribution in [2.75, 3.05) is 13.1 Å². The molecule has 0 saturated carbocycles. The highest BCUT2D eigenvalue weighted by atomic mass is 79.9. The number of amides is 2. The molecule has 2 amide bonds. The highest BCUT2D eigenvalue weighted by molar-refractivity contribution is 9.10. The van der Waals surface area contributed by atoms with Gasteiger partial charge >= 0.3 is 0 Å². The Hall–Kier alpha value is -2.15. The number of nitrogens with one attached hydrogen (secondary N) is 2. The molecule has 6 nitrogen and oxygen atoms in total. The summed E-state index contributed by atoms with van der Waals surface area (Å²) < 4.78 is 2.51. The van der Waals surface area contributed by atoms with Crippen LogP contribution in [0.2, 0.25) is 0 Å². The lowest BCUT2D eigenvalue weighted by Crippen LogP contribution is -2.37. The third-order valence-corrected chi connectivity index (χ3v) is 3.66. The van der Waals surface area contributed by atoms with Gasteiger partial charge in [0.25, 0.3) is 5.91 Å². The zero-order valence-electron chi connectivity index (χ0n) is 12.0. The molecule has 1 heterocycles. The molecular formula is C15H17BrN4O2. The number of aryl methyl sites for hydroxylation is 1. The van der Waals surface area contributed by atoms with E-state index in [1.165, 1.54) is 0 Å². The summed E-state index contributed by atoms with van der Waals surface area (Å²) in [7, 11) is 0. The van der Waals surface area contributed by atoms with Gasteiger partial charge in [0, 0.05) is 30.0 Å². The second-order valence-electron chi connectivity index (χ2n) is 4.64. The van der Waals surface area contributed by atoms with Crippen molar-refractivity contribution in [3.05, 3.63) is 52.8 Å². The minimum Gasteiger partial charge on any atom is -0.355 e. The van der Waals surface area contributed by atoms with Crippen molar-refractivity contribution in [2.45, 2.75) is 13.0 Å². The average molecular weight is 365 g/mol. The Kier molecular flexibility index (Phi) is 6.14. The van der Waals surface area contributed by atoms with Crippen LogP contribution < -0.4 is 10.6 Å². The average Bonchev–Trinajstić information content (AvgIpc) is 3.03. The second-order valence-corrected chi connectivity index (χ2v) is 5.49. The maximum atomic E-state index is 11.9. The molecule has 2 N–H and O–H groups in total. The summed E-state index contributed by atoms with van der Waals surface area (Å²) in [6.45, 7) is 1.25. The summed E-state index contributed by atoms with van der Waals surface area (Å²) in [5, 5.41) is 9.43. The van der Waals surface area contributed by atoms with Crippen LogP contribution in [0.25, 0.3) is 0 Å². The van der Waals surface area contributed by atoms with E-state index in [1.54, 1.807) is 29.1 Å². The normalized spacial score (nSPS) is 10.2. The Morgan fingerprint density at radius 2 is 2.00 bits per heavy atom. The van der Waals surface area contributed by atoms with E-state index in [1.807, 2.05) is 18.3 Å². The van der Waals surface area contributed by atoms with E-state index in [4.69, 9.17) is 0 Å². The Labute approximate surface area is 137 Å². The predicted octanol–water partition coefficient (Wildman–Crippen LogP) is 1.58. The van der Waals surface area contributed by atoms with Gasteiger partial charge in [-0.2, -0.15) is 5.10 Å². The van der Waals surface area contributed by atoms with Gasteiger partial charge in [0.05, 0.1) is 12.1 Å². The molecule has 0 bridgehead atoms. The number of halogens is 1. The molecule has 0 unspecified atom stereocenters. The lowest BCUT2D eigenvalue weighted by atomic mass is 10.2. The molecule has 2 aromatic rings. The zero-order valence-corrected chi connectivity index (χ0v) is 13.5. The molecule has 1 aromatic heterocycles. The van der Waals surface area contributed by atoms with Crippen molar-refractivity contribution in [1.82, 2.24) is 20.4 Å². The topological polar surface area (TPSA) is 76.0 Å². The first-order valence-corrected chi connectivity index (χ1v) is 7.73. The molecule has 0 aliphatic carbocycles. The molecule has 0 radical (unpaired) electrons. The summed E-state index contributed by atoms with van der Waals surface area (Å²) in [6.07, 6.45) is 4.38. The number of benzene rings is 1. The van der Waals surface area contributed by atoms with E-state index in [0.717, 1.165) is 13.0 Å². The van der Waals surface area contributed by atoms with Crippen molar-refractivity contribution in [3.63, 3.8) is 0 Å². The van der Waals surface area contributed by atoms with E-state index < -0.39 is 0 Å². The maximum Gasteiger partial charge on any atom is 0.252 e. The third kappa shape index (κ3) is 5.00. The molecule has 0 aliphatic heterocycles. The first-order valence-electron chi connectivity index (χ1n) is 6.93. The minimum atomic E-state index is -0.279. The first-order chi connectivity index (χ1) is 10.7. The molecule has 0 fully saturated rings. The Morgan fingerprint density at radius 1 is 1.18 bits per heavy atom. The highest BCUT2D eigenvalue weighted by Crippen LogP contribution is 2.15. The summed E-state index contributed by atoms with van der Waals surface area (Å²) in [5.41, 5.74) is 0.508. The van der Waals surface area contributed by atoms with Gasteiger partial charge in [-0.05, 0) is 40.5 Å². The monoisotopic (exact) mass is 364 g/mol. The molecule has 0 saturated heterocycles. The Bertz CT molecular complexity index is 628. The van der Waals surface area contributed by atoms with Gasteiger partial charge in [0.1, 0.15) is 0 Å². The summed E-state index contributed by atoms with van der Waals surface area (Å²) in [6, 6.07) is 8.93. The van der Waals surface area contributed by atoms with Crippen LogP contribution in [0, 0.1) is 0 Å². The van der Waals surface area contributed by atoms with Gasteiger partial charge in [-0.1, -0.05) is 12.1 Å². The summed E-state index contributed by atoms with van der Waals surface area (Å²) in [5.74, 6) is -0.486. The van der Waals surface area contributed by atoms with Gasteiger partial charge in [-0.25, -0.2) is 0 Å². The summed E-state index contributed by atoms with van der Waals surface area (Å²) in [4.78, 5) is 23.6. The van der Waals surface area contributed by atoms with Gasteiger partial charge < -0.3 is 10.6 Å². The Morgan fingerprint density at radius 3 is 2.73 bits per heavy atom. The van der Waals surface area contributed by atoms with Crippen molar-refractivity contribution in [3.8, 4) is 0 Å². The lowest BCUT2D eigenvalue weighted by Gasteiger charge is -2.08. The van der Waals surface area contributed by atoms with Crippen molar-refractivity contribution in [2.24, 2.45) is 0 Å². The number of rotatable bonds is 7. The number of carbonyl (C=O) groups excluding carboxylic acids is 2. The summed E-state index contributed by atoms with van der Waals surface area (Å²) >= 11 is 3.30. The Balaban J connectivity index is 1.65. The number of nitrogens with zero attached hydrogens (tertiary/aromatic N) is 2. The SMILES string of the molecule is O=C(CNC(=O)c1ccccc1Br)NCCCn1cccn1. The number of hydrogen-bond acceptors (Lipinski definition) is 3. The molecule has 0 aliphatic rings. The van der Waals surface area contributed by atoms with E-state index in [-0.39, 0.29) is 18.4 Å². The number of carbonyl (C=O) groups is 2. The molecule has 1 aromatic carbocycles. The fraction of sp³-hybridized carbons (Fsp3) is 0.267. The lowest BCUT2D eigenvalue weighted by molar-refractivity contribution is -0.120. The predicted molar refractivity (Wildman–Crippen MR) is 86.3 cm³/mol. The molecule has 7 heteroatoms. The maximum absolute atomic E-state index is 11.9. The van der Waals surface area contributed by atoms with Crippen LogP contribution in [-0.4, -0.2) is 34.7 Å². The van der Waals surface area contributed by atoms with Crippen molar-refractivity contribution in [1.29, 1.82) is 0 Å². The second kappa shape index (κ2) is 8.33. The van der Waals surface area contributed by atoms with Crippen LogP contribution in [0.1, 0.15) is 16.8 Å². The van der Waals surface area contributed by atoms with E-state index in [9.17, 15) is 9.59 Å². The van der Waals surface area contributed by atoms with Gasteiger partial charge in [-0.15, -0.1) is 0 Å². The first kappa shape index (κ1) is 16.2. The number of aromatic nitrogens is 2. The molecule has 2 rings (SSSR count). The van der Waals surface area contributed by atoms with Crippen LogP contribution in [-0.2, 0) is 11.3 Å². The highest BCUT2D eigenvalue weighted by Gasteiger charge is 2.10. The van der Waals surface area contributed by atoms with Crippen LogP contribution >= 0.6 is 15.9 Å². The van der Waals surface area contributed by atoms with Crippen LogP contribution in [0.3, 0.4) is 0 Å². The minimum absolute atomic E-state index is 0.0397. The van der Waals surface area contributed by atoms with Gasteiger partial charge in [0.2, 0.25) is 5.91 Å². The number of hydrogen-bond donors (Lipinski definition) is 2. The molecule has 22 heavy (non-hydrogen) atoms. The quantitative estimate of drug-likeness (QED) is 0.732. The van der Waals surface area contributed by atoms with E-state index >= 15 is 0 Å². The fourth-order valence-corrected chi connectivity index (χ4v) is 2.33. The molecular weight excluding hydrogens is 348 g/mol. The smallest absolute Gasteiger partial charge is 0.252 e. The van der Waals surface area contributed by atoms with Crippen molar-refractivity contribution >= 4 is 27.7 Å². The largest absolute Gasteiger partial charge is 0.355 e. The van der Waals surface area contributed by atoms with Gasteiger partial charge in [-0.3, -0.25) is 14.3 Å². The van der Waals surface area contributed by atoms with E-state index in [2.05, 4.69) is 31.7 Å². The fourth-order valence-electron chi connectivity index (χ4n) is 1.87. The van der Waals surface area contributed by atoms with Crippen LogP contribution in [0.15, 0.2) is 47.2 Å². The standard InChI is InChI=1S/C15H17BrN4O2/c16-13-6-2-1-5-12(13)15(22)18-11-14(21)17-7-3-9-20-10-4-8-19-20/h1-2,4-6,8,10H,3,7,9,11H2,(H,17,21)(H,18,22). The van der Waals surface area contributed by atoms with Gasteiger partial charge in [0.15, 0.2) is 0 Å². The third-order valence-electron chi connectivity index (χ3n) is 2.97. The van der Waals surface area contributed by atoms with Crippen LogP contribution in [0.5, 0.6) is 0 Å².